The number of carbonyl (C=O) groups excluding carboxylic acids is 1. The van der Waals surface area contributed by atoms with Crippen LogP contribution in [-0.4, -0.2) is 38.2 Å². The second-order valence-electron chi connectivity index (χ2n) is 6.28. The van der Waals surface area contributed by atoms with Crippen molar-refractivity contribution < 1.29 is 19.4 Å². The molecule has 0 spiro atoms. The van der Waals surface area contributed by atoms with Gasteiger partial charge in [0, 0.05) is 18.8 Å². The summed E-state index contributed by atoms with van der Waals surface area (Å²) in [6, 6.07) is 4.20. The fourth-order valence-electron chi connectivity index (χ4n) is 2.10. The fraction of sp³-hybridized carbons (Fsp3) is 0.375. The molecule has 0 aliphatic heterocycles. The number of ether oxygens (including phenoxy) is 1. The number of carboxylic acids is 1. The van der Waals surface area contributed by atoms with Gasteiger partial charge in [0.25, 0.3) is 0 Å². The predicted molar refractivity (Wildman–Crippen MR) is 84.4 cm³/mol. The predicted octanol–water partition coefficient (Wildman–Crippen LogP) is 1.73. The number of aliphatic carboxylic acids is 1. The Morgan fingerprint density at radius 3 is 2.71 bits per heavy atom. The van der Waals surface area contributed by atoms with Crippen molar-refractivity contribution in [1.29, 1.82) is 5.26 Å². The number of rotatable bonds is 4. The highest BCUT2D eigenvalue weighted by Gasteiger charge is 2.24. The van der Waals surface area contributed by atoms with Gasteiger partial charge in [-0.2, -0.15) is 5.26 Å². The molecule has 0 radical (unpaired) electrons. The zero-order valence-corrected chi connectivity index (χ0v) is 13.6. The number of alkyl carbamates (subject to hydrolysis) is 1. The molecule has 0 aliphatic carbocycles. The number of aromatic nitrogens is 2. The summed E-state index contributed by atoms with van der Waals surface area (Å²) in [6.45, 7) is 5.09. The Morgan fingerprint density at radius 2 is 2.12 bits per heavy atom. The summed E-state index contributed by atoms with van der Waals surface area (Å²) >= 11 is 0. The van der Waals surface area contributed by atoms with Crippen molar-refractivity contribution in [3.05, 3.63) is 35.8 Å². The molecule has 2 rings (SSSR count). The number of carbonyl (C=O) groups is 2. The van der Waals surface area contributed by atoms with Gasteiger partial charge >= 0.3 is 12.1 Å². The van der Waals surface area contributed by atoms with E-state index in [-0.39, 0.29) is 12.1 Å². The Balaban J connectivity index is 2.14. The lowest BCUT2D eigenvalue weighted by atomic mass is 10.1. The maximum Gasteiger partial charge on any atom is 0.408 e. The van der Waals surface area contributed by atoms with Gasteiger partial charge in [-0.15, -0.1) is 0 Å². The number of fused-ring (bicyclic) bond motifs is 1. The standard InChI is InChI=1S/C16H18N4O4/c1-16(2,3)24-15(23)19-12(14(21)22)6-10-4-5-13-18-11(7-17)9-20(13)8-10/h4-5,8-9,12H,6H2,1-3H3,(H,19,23)(H,21,22). The molecule has 0 fully saturated rings. The second-order valence-corrected chi connectivity index (χ2v) is 6.28. The zero-order chi connectivity index (χ0) is 17.9. The SMILES string of the molecule is CC(C)(C)OC(=O)NC(Cc1ccc2nc(C#N)cn2c1)C(=O)O. The number of imidazole rings is 1. The van der Waals surface area contributed by atoms with Crippen molar-refractivity contribution in [3.63, 3.8) is 0 Å². The largest absolute Gasteiger partial charge is 0.480 e. The number of nitriles is 1. The lowest BCUT2D eigenvalue weighted by Crippen LogP contribution is -2.44. The molecule has 2 heterocycles. The van der Waals surface area contributed by atoms with Crippen LogP contribution in [0.25, 0.3) is 5.65 Å². The van der Waals surface area contributed by atoms with E-state index in [9.17, 15) is 14.7 Å². The monoisotopic (exact) mass is 330 g/mol. The summed E-state index contributed by atoms with van der Waals surface area (Å²) in [6.07, 6.45) is 2.52. The topological polar surface area (TPSA) is 117 Å². The molecule has 2 aromatic rings. The minimum Gasteiger partial charge on any atom is -0.480 e. The molecular weight excluding hydrogens is 312 g/mol. The van der Waals surface area contributed by atoms with Gasteiger partial charge in [0.2, 0.25) is 0 Å². The summed E-state index contributed by atoms with van der Waals surface area (Å²) in [5, 5.41) is 20.5. The van der Waals surface area contributed by atoms with Crippen molar-refractivity contribution in [3.8, 4) is 6.07 Å². The quantitative estimate of drug-likeness (QED) is 0.881. The number of hydrogen-bond acceptors (Lipinski definition) is 5. The molecular formula is C16H18N4O4. The van der Waals surface area contributed by atoms with Gasteiger partial charge in [-0.25, -0.2) is 14.6 Å². The molecule has 0 saturated carbocycles. The van der Waals surface area contributed by atoms with E-state index in [0.29, 0.717) is 11.2 Å². The number of nitrogens with one attached hydrogen (secondary N) is 1. The van der Waals surface area contributed by atoms with Crippen LogP contribution in [0.15, 0.2) is 24.5 Å². The summed E-state index contributed by atoms with van der Waals surface area (Å²) in [5.74, 6) is -1.16. The first kappa shape index (κ1) is 17.3. The van der Waals surface area contributed by atoms with E-state index in [1.165, 1.54) is 0 Å². The van der Waals surface area contributed by atoms with Gasteiger partial charge in [-0.1, -0.05) is 6.07 Å². The van der Waals surface area contributed by atoms with E-state index in [4.69, 9.17) is 10.00 Å². The van der Waals surface area contributed by atoms with Crippen LogP contribution in [0.3, 0.4) is 0 Å². The van der Waals surface area contributed by atoms with E-state index >= 15 is 0 Å². The van der Waals surface area contributed by atoms with Gasteiger partial charge in [0.15, 0.2) is 5.69 Å². The molecule has 24 heavy (non-hydrogen) atoms. The first-order valence-electron chi connectivity index (χ1n) is 7.28. The van der Waals surface area contributed by atoms with Crippen molar-refractivity contribution >= 4 is 17.7 Å². The van der Waals surface area contributed by atoms with Gasteiger partial charge < -0.3 is 19.6 Å². The second kappa shape index (κ2) is 6.58. The van der Waals surface area contributed by atoms with E-state index in [0.717, 1.165) is 0 Å². The van der Waals surface area contributed by atoms with Crippen molar-refractivity contribution in [2.45, 2.75) is 38.8 Å². The first-order valence-corrected chi connectivity index (χ1v) is 7.28. The number of hydrogen-bond donors (Lipinski definition) is 2. The summed E-state index contributed by atoms with van der Waals surface area (Å²) in [7, 11) is 0. The third-order valence-corrected chi connectivity index (χ3v) is 3.06. The lowest BCUT2D eigenvalue weighted by molar-refractivity contribution is -0.139. The van der Waals surface area contributed by atoms with Crippen LogP contribution < -0.4 is 5.32 Å². The van der Waals surface area contributed by atoms with E-state index in [1.807, 2.05) is 6.07 Å². The third-order valence-electron chi connectivity index (χ3n) is 3.06. The van der Waals surface area contributed by atoms with Crippen LogP contribution in [-0.2, 0) is 16.0 Å². The molecule has 8 heteroatoms. The molecule has 2 aromatic heterocycles. The van der Waals surface area contributed by atoms with Crippen molar-refractivity contribution in [1.82, 2.24) is 14.7 Å². The molecule has 0 aromatic carbocycles. The average Bonchev–Trinajstić information content (AvgIpc) is 2.86. The van der Waals surface area contributed by atoms with Crippen LogP contribution in [0, 0.1) is 11.3 Å². The highest BCUT2D eigenvalue weighted by atomic mass is 16.6. The Bertz CT molecular complexity index is 814. The van der Waals surface area contributed by atoms with Crippen molar-refractivity contribution in [2.75, 3.05) is 0 Å². The molecule has 2 N–H and O–H groups in total. The summed E-state index contributed by atoms with van der Waals surface area (Å²) in [4.78, 5) is 27.2. The van der Waals surface area contributed by atoms with Crippen LogP contribution in [0.4, 0.5) is 4.79 Å². The minimum atomic E-state index is -1.16. The van der Waals surface area contributed by atoms with Crippen LogP contribution in [0.1, 0.15) is 32.0 Å². The van der Waals surface area contributed by atoms with Gasteiger partial charge in [-0.3, -0.25) is 0 Å². The summed E-state index contributed by atoms with van der Waals surface area (Å²) in [5.41, 5.74) is 0.820. The zero-order valence-electron chi connectivity index (χ0n) is 13.6. The average molecular weight is 330 g/mol. The Kier molecular flexibility index (Phi) is 4.74. The Labute approximate surface area is 138 Å². The molecule has 126 valence electrons. The number of nitrogens with zero attached hydrogens (tertiary/aromatic N) is 3. The van der Waals surface area contributed by atoms with Crippen LogP contribution in [0.2, 0.25) is 0 Å². The Morgan fingerprint density at radius 1 is 1.42 bits per heavy atom. The molecule has 8 nitrogen and oxygen atoms in total. The Hall–Kier alpha value is -3.08. The number of amides is 1. The maximum absolute atomic E-state index is 11.8. The normalized spacial score (nSPS) is 12.4. The fourth-order valence-corrected chi connectivity index (χ4v) is 2.10. The maximum atomic E-state index is 11.8. The molecule has 0 bridgehead atoms. The van der Waals surface area contributed by atoms with E-state index in [2.05, 4.69) is 10.3 Å². The third kappa shape index (κ3) is 4.46. The summed E-state index contributed by atoms with van der Waals surface area (Å²) < 4.78 is 6.72. The number of pyridine rings is 1. The van der Waals surface area contributed by atoms with Crippen molar-refractivity contribution in [2.24, 2.45) is 0 Å². The van der Waals surface area contributed by atoms with Gasteiger partial charge in [-0.05, 0) is 32.4 Å². The minimum absolute atomic E-state index is 0.0740. The van der Waals surface area contributed by atoms with E-state index in [1.54, 1.807) is 49.7 Å². The van der Waals surface area contributed by atoms with Gasteiger partial charge in [0.1, 0.15) is 23.4 Å². The van der Waals surface area contributed by atoms with Crippen LogP contribution in [0.5, 0.6) is 0 Å². The smallest absolute Gasteiger partial charge is 0.408 e. The molecule has 0 aliphatic rings. The van der Waals surface area contributed by atoms with Crippen LogP contribution >= 0.6 is 0 Å². The molecule has 1 unspecified atom stereocenters. The van der Waals surface area contributed by atoms with E-state index < -0.39 is 23.7 Å². The highest BCUT2D eigenvalue weighted by molar-refractivity contribution is 5.80. The first-order chi connectivity index (χ1) is 11.2. The van der Waals surface area contributed by atoms with Gasteiger partial charge in [0.05, 0.1) is 0 Å². The lowest BCUT2D eigenvalue weighted by Gasteiger charge is -2.22. The molecule has 1 amide bonds. The number of carboxylic acid groups (broad SMARTS) is 1. The molecule has 0 saturated heterocycles. The molecule has 1 atom stereocenters. The highest BCUT2D eigenvalue weighted by Crippen LogP contribution is 2.11.